The van der Waals surface area contributed by atoms with Gasteiger partial charge in [-0.05, 0) is 18.4 Å². The zero-order chi connectivity index (χ0) is 16.7. The van der Waals surface area contributed by atoms with Gasteiger partial charge in [0.1, 0.15) is 0 Å². The van der Waals surface area contributed by atoms with Crippen molar-refractivity contribution in [3.05, 3.63) is 35.9 Å². The summed E-state index contributed by atoms with van der Waals surface area (Å²) in [5.74, 6) is -1.64. The number of imide groups is 1. The first-order valence-electron chi connectivity index (χ1n) is 7.22. The summed E-state index contributed by atoms with van der Waals surface area (Å²) in [7, 11) is 0. The molecule has 0 aromatic heterocycles. The topological polar surface area (TPSA) is 98.5 Å². The number of carbonyl (C=O) groups is 3. The van der Waals surface area contributed by atoms with Crippen molar-refractivity contribution in [1.82, 2.24) is 5.32 Å². The van der Waals surface area contributed by atoms with E-state index in [4.69, 9.17) is 10.5 Å². The highest BCUT2D eigenvalue weighted by molar-refractivity contribution is 5.96. The molecule has 6 nitrogen and oxygen atoms in total. The van der Waals surface area contributed by atoms with Crippen LogP contribution in [0.3, 0.4) is 0 Å². The molecule has 0 radical (unpaired) electrons. The molecule has 0 fully saturated rings. The van der Waals surface area contributed by atoms with Crippen molar-refractivity contribution < 1.29 is 19.1 Å². The Bertz CT molecular complexity index is 530. The molecule has 1 aromatic carbocycles. The number of primary amides is 1. The molecule has 1 aromatic rings. The van der Waals surface area contributed by atoms with Gasteiger partial charge >= 0.3 is 12.0 Å². The molecule has 0 aliphatic heterocycles. The van der Waals surface area contributed by atoms with Gasteiger partial charge in [-0.1, -0.05) is 50.6 Å². The number of rotatable bonds is 6. The van der Waals surface area contributed by atoms with Crippen molar-refractivity contribution in [1.29, 1.82) is 0 Å². The molecule has 22 heavy (non-hydrogen) atoms. The van der Waals surface area contributed by atoms with Crippen LogP contribution in [0.25, 0.3) is 0 Å². The summed E-state index contributed by atoms with van der Waals surface area (Å²) < 4.78 is 5.19. The number of nitrogens with two attached hydrogens (primary N) is 1. The van der Waals surface area contributed by atoms with E-state index in [0.29, 0.717) is 0 Å². The van der Waals surface area contributed by atoms with Crippen LogP contribution in [0, 0.1) is 5.92 Å². The number of ether oxygens (including phenoxy) is 1. The van der Waals surface area contributed by atoms with E-state index >= 15 is 0 Å². The minimum Gasteiger partial charge on any atom is -0.452 e. The van der Waals surface area contributed by atoms with Gasteiger partial charge in [0, 0.05) is 0 Å². The quantitative estimate of drug-likeness (QED) is 0.785. The van der Waals surface area contributed by atoms with Gasteiger partial charge in [0.15, 0.2) is 6.10 Å². The second-order valence-electron chi connectivity index (χ2n) is 5.21. The first-order valence-corrected chi connectivity index (χ1v) is 7.22. The molecule has 3 N–H and O–H groups in total. The lowest BCUT2D eigenvalue weighted by molar-refractivity contribution is -0.157. The number of urea groups is 1. The average molecular weight is 306 g/mol. The van der Waals surface area contributed by atoms with E-state index in [1.54, 1.807) is 0 Å². The van der Waals surface area contributed by atoms with Crippen LogP contribution in [0.4, 0.5) is 4.79 Å². The fourth-order valence-corrected chi connectivity index (χ4v) is 2.12. The van der Waals surface area contributed by atoms with Crippen LogP contribution in [0.15, 0.2) is 30.3 Å². The molecule has 0 bridgehead atoms. The van der Waals surface area contributed by atoms with Gasteiger partial charge in [0.05, 0.1) is 5.92 Å². The third-order valence-corrected chi connectivity index (χ3v) is 3.53. The Morgan fingerprint density at radius 3 is 2.27 bits per heavy atom. The van der Waals surface area contributed by atoms with Crippen molar-refractivity contribution in [2.45, 2.75) is 39.2 Å². The lowest BCUT2D eigenvalue weighted by Crippen LogP contribution is -2.42. The summed E-state index contributed by atoms with van der Waals surface area (Å²) in [5, 5.41) is 1.89. The van der Waals surface area contributed by atoms with E-state index in [0.717, 1.165) is 12.0 Å². The summed E-state index contributed by atoms with van der Waals surface area (Å²) in [6.45, 7) is 5.33. The third kappa shape index (κ3) is 4.87. The molecular formula is C16H22N2O4. The molecular weight excluding hydrogens is 284 g/mol. The molecule has 0 saturated heterocycles. The smallest absolute Gasteiger partial charge is 0.318 e. The molecule has 120 valence electrons. The molecule has 0 saturated carbocycles. The summed E-state index contributed by atoms with van der Waals surface area (Å²) in [6.07, 6.45) is -0.299. The number of nitrogens with one attached hydrogen (secondary N) is 1. The van der Waals surface area contributed by atoms with E-state index in [9.17, 15) is 14.4 Å². The van der Waals surface area contributed by atoms with Crippen molar-refractivity contribution in [2.24, 2.45) is 11.7 Å². The second-order valence-corrected chi connectivity index (χ2v) is 5.21. The van der Waals surface area contributed by atoms with E-state index in [1.807, 2.05) is 49.5 Å². The molecule has 6 heteroatoms. The predicted molar refractivity (Wildman–Crippen MR) is 81.9 cm³/mol. The molecule has 0 aliphatic carbocycles. The summed E-state index contributed by atoms with van der Waals surface area (Å²) in [5.41, 5.74) is 5.71. The van der Waals surface area contributed by atoms with E-state index in [2.05, 4.69) is 0 Å². The van der Waals surface area contributed by atoms with E-state index in [1.165, 1.54) is 6.92 Å². The Hall–Kier alpha value is -2.37. The van der Waals surface area contributed by atoms with Gasteiger partial charge in [-0.3, -0.25) is 14.9 Å². The van der Waals surface area contributed by atoms with Crippen LogP contribution in [0.5, 0.6) is 0 Å². The third-order valence-electron chi connectivity index (χ3n) is 3.53. The molecule has 3 atom stereocenters. The van der Waals surface area contributed by atoms with Crippen LogP contribution >= 0.6 is 0 Å². The van der Waals surface area contributed by atoms with Gasteiger partial charge in [-0.2, -0.15) is 0 Å². The van der Waals surface area contributed by atoms with Crippen LogP contribution < -0.4 is 11.1 Å². The highest BCUT2D eigenvalue weighted by Gasteiger charge is 2.30. The zero-order valence-corrected chi connectivity index (χ0v) is 13.0. The summed E-state index contributed by atoms with van der Waals surface area (Å²) in [6, 6.07) is 8.29. The van der Waals surface area contributed by atoms with Gasteiger partial charge in [0.2, 0.25) is 0 Å². The maximum atomic E-state index is 12.4. The van der Waals surface area contributed by atoms with Crippen molar-refractivity contribution in [3.8, 4) is 0 Å². The van der Waals surface area contributed by atoms with E-state index < -0.39 is 29.9 Å². The van der Waals surface area contributed by atoms with Gasteiger partial charge in [0.25, 0.3) is 5.91 Å². The van der Waals surface area contributed by atoms with Crippen LogP contribution in [0.2, 0.25) is 0 Å². The first kappa shape index (κ1) is 17.7. The van der Waals surface area contributed by atoms with Crippen molar-refractivity contribution >= 4 is 17.9 Å². The monoisotopic (exact) mass is 306 g/mol. The predicted octanol–water partition coefficient (Wildman–Crippen LogP) is 1.94. The van der Waals surface area contributed by atoms with Gasteiger partial charge in [-0.15, -0.1) is 0 Å². The number of esters is 1. The highest BCUT2D eigenvalue weighted by Crippen LogP contribution is 2.28. The summed E-state index contributed by atoms with van der Waals surface area (Å²) >= 11 is 0. The Kier molecular flexibility index (Phi) is 6.56. The Morgan fingerprint density at radius 1 is 1.18 bits per heavy atom. The normalized spacial score (nSPS) is 14.5. The second kappa shape index (κ2) is 8.17. The number of hydrogen-bond acceptors (Lipinski definition) is 4. The van der Waals surface area contributed by atoms with Gasteiger partial charge < -0.3 is 10.5 Å². The maximum Gasteiger partial charge on any atom is 0.318 e. The Morgan fingerprint density at radius 2 is 1.77 bits per heavy atom. The number of carbonyl (C=O) groups excluding carboxylic acids is 3. The van der Waals surface area contributed by atoms with Crippen molar-refractivity contribution in [2.75, 3.05) is 0 Å². The first-order chi connectivity index (χ1) is 10.4. The molecule has 1 rings (SSSR count). The van der Waals surface area contributed by atoms with Crippen LogP contribution in [-0.4, -0.2) is 24.0 Å². The SMILES string of the molecule is CC[C@H](C)[C@H](C(=O)O[C@H](C)C(=O)NC(N)=O)c1ccccc1. The number of hydrogen-bond donors (Lipinski definition) is 2. The average Bonchev–Trinajstić information content (AvgIpc) is 2.47. The fraction of sp³-hybridized carbons (Fsp3) is 0.438. The standard InChI is InChI=1S/C16H22N2O4/c1-4-10(2)13(12-8-6-5-7-9-12)15(20)22-11(3)14(19)18-16(17)21/h5-11,13H,4H2,1-3H3,(H3,17,18,19,21)/t10-,11+,13-/m0/s1. The maximum absolute atomic E-state index is 12.4. The van der Waals surface area contributed by atoms with E-state index in [-0.39, 0.29) is 5.92 Å². The Balaban J connectivity index is 2.85. The molecule has 0 spiro atoms. The fourth-order valence-electron chi connectivity index (χ4n) is 2.12. The molecule has 0 unspecified atom stereocenters. The van der Waals surface area contributed by atoms with Gasteiger partial charge in [-0.25, -0.2) is 4.79 Å². The summed E-state index contributed by atoms with van der Waals surface area (Å²) in [4.78, 5) is 34.7. The minimum absolute atomic E-state index is 0.0568. The lowest BCUT2D eigenvalue weighted by Gasteiger charge is -2.23. The Labute approximate surface area is 130 Å². The molecule has 0 aliphatic rings. The molecule has 0 heterocycles. The van der Waals surface area contributed by atoms with Crippen LogP contribution in [-0.2, 0) is 14.3 Å². The largest absolute Gasteiger partial charge is 0.452 e. The zero-order valence-electron chi connectivity index (χ0n) is 13.0. The lowest BCUT2D eigenvalue weighted by atomic mass is 9.85. The number of amides is 3. The number of benzene rings is 1. The highest BCUT2D eigenvalue weighted by atomic mass is 16.5. The molecule has 3 amide bonds. The minimum atomic E-state index is -1.09. The van der Waals surface area contributed by atoms with Crippen LogP contribution in [0.1, 0.15) is 38.7 Å². The van der Waals surface area contributed by atoms with Crippen molar-refractivity contribution in [3.63, 3.8) is 0 Å².